The molecule has 1 N–H and O–H groups in total. The zero-order valence-electron chi connectivity index (χ0n) is 32.8. The average Bonchev–Trinajstić information content (AvgIpc) is 3.65. The first kappa shape index (κ1) is 34.1. The van der Waals surface area contributed by atoms with E-state index in [1.807, 2.05) is 0 Å². The first-order valence-electron chi connectivity index (χ1n) is 20.7. The van der Waals surface area contributed by atoms with Crippen LogP contribution in [0.5, 0.6) is 0 Å². The molecule has 1 aliphatic heterocycles. The van der Waals surface area contributed by atoms with Crippen LogP contribution in [0.4, 0.5) is 11.4 Å². The number of nitrogens with one attached hydrogen (secondary N) is 1. The molecule has 0 atom stereocenters. The van der Waals surface area contributed by atoms with Crippen LogP contribution in [0.3, 0.4) is 0 Å². The Morgan fingerprint density at radius 3 is 1.68 bits per heavy atom. The Morgan fingerprint density at radius 1 is 0.267 bits per heavy atom. The van der Waals surface area contributed by atoms with Crippen LogP contribution in [0.2, 0.25) is 0 Å². The molecule has 0 fully saturated rings. The standard InChI is InChI=1S/C58H38N2/c1-3-15-38(16-4-1)40-27-29-56-53(35-40)50-23-10-9-21-48(50)44-31-43(32-45(33-44)49-22-11-13-25-55(49)59-56)41-28-30-58-54(36-41)51-24-12-14-26-57(51)60(58)46-34-42-19-7-8-20-47(42)52(37-46)39-17-5-2-6-18-39/h1-37,59H. The van der Waals surface area contributed by atoms with Gasteiger partial charge >= 0.3 is 0 Å². The summed E-state index contributed by atoms with van der Waals surface area (Å²) in [4.78, 5) is 0. The Labute approximate surface area is 349 Å². The molecule has 11 aromatic rings. The van der Waals surface area contributed by atoms with Crippen molar-refractivity contribution in [3.8, 4) is 72.4 Å². The van der Waals surface area contributed by atoms with E-state index in [4.69, 9.17) is 0 Å². The van der Waals surface area contributed by atoms with E-state index in [2.05, 4.69) is 234 Å². The smallest absolute Gasteiger partial charge is 0.0541 e. The summed E-state index contributed by atoms with van der Waals surface area (Å²) in [6.45, 7) is 0. The zero-order chi connectivity index (χ0) is 39.6. The van der Waals surface area contributed by atoms with Crippen molar-refractivity contribution in [2.45, 2.75) is 0 Å². The maximum Gasteiger partial charge on any atom is 0.0541 e. The van der Waals surface area contributed by atoms with E-state index in [-0.39, 0.29) is 0 Å². The molecule has 0 aliphatic carbocycles. The van der Waals surface area contributed by atoms with Gasteiger partial charge in [-0.2, -0.15) is 0 Å². The summed E-state index contributed by atoms with van der Waals surface area (Å²) in [5.74, 6) is 0. The van der Waals surface area contributed by atoms with Gasteiger partial charge in [0.05, 0.1) is 11.0 Å². The fourth-order valence-electron chi connectivity index (χ4n) is 9.46. The molecular weight excluding hydrogens is 725 g/mol. The van der Waals surface area contributed by atoms with Crippen molar-refractivity contribution in [1.82, 2.24) is 4.57 Å². The minimum atomic E-state index is 1.08. The van der Waals surface area contributed by atoms with Crippen LogP contribution < -0.4 is 5.32 Å². The second-order valence-corrected chi connectivity index (χ2v) is 15.8. The lowest BCUT2D eigenvalue weighted by Gasteiger charge is -2.22. The lowest BCUT2D eigenvalue weighted by molar-refractivity contribution is 1.19. The van der Waals surface area contributed by atoms with E-state index >= 15 is 0 Å². The molecule has 2 nitrogen and oxygen atoms in total. The van der Waals surface area contributed by atoms with Gasteiger partial charge < -0.3 is 9.88 Å². The molecule has 280 valence electrons. The van der Waals surface area contributed by atoms with E-state index in [0.29, 0.717) is 0 Å². The molecule has 0 radical (unpaired) electrons. The highest BCUT2D eigenvalue weighted by molar-refractivity contribution is 6.11. The third-order valence-electron chi connectivity index (χ3n) is 12.3. The minimum Gasteiger partial charge on any atom is -0.355 e. The average molecular weight is 763 g/mol. The number of nitrogens with zero attached hydrogens (tertiary/aromatic N) is 1. The summed E-state index contributed by atoms with van der Waals surface area (Å²) in [6.07, 6.45) is 0. The van der Waals surface area contributed by atoms with E-state index in [1.54, 1.807) is 0 Å². The van der Waals surface area contributed by atoms with Crippen LogP contribution in [-0.4, -0.2) is 4.57 Å². The molecule has 1 aromatic heterocycles. The molecule has 2 bridgehead atoms. The quantitative estimate of drug-likeness (QED) is 0.189. The Morgan fingerprint density at radius 2 is 0.850 bits per heavy atom. The van der Waals surface area contributed by atoms with Crippen LogP contribution in [0.1, 0.15) is 0 Å². The normalized spacial score (nSPS) is 11.8. The Kier molecular flexibility index (Phi) is 7.89. The number of rotatable bonds is 4. The molecule has 0 spiro atoms. The summed E-state index contributed by atoms with van der Waals surface area (Å²) in [5.41, 5.74) is 20.0. The summed E-state index contributed by atoms with van der Waals surface area (Å²) >= 11 is 0. The lowest BCUT2D eigenvalue weighted by Crippen LogP contribution is -1.99. The first-order valence-corrected chi connectivity index (χ1v) is 20.7. The van der Waals surface area contributed by atoms with Crippen LogP contribution in [0.15, 0.2) is 224 Å². The van der Waals surface area contributed by atoms with Gasteiger partial charge in [-0.1, -0.05) is 158 Å². The maximum atomic E-state index is 3.88. The van der Waals surface area contributed by atoms with Crippen LogP contribution in [0.25, 0.3) is 105 Å². The van der Waals surface area contributed by atoms with Crippen molar-refractivity contribution in [3.63, 3.8) is 0 Å². The minimum absolute atomic E-state index is 1.08. The number of anilines is 2. The molecule has 0 saturated carbocycles. The van der Waals surface area contributed by atoms with E-state index < -0.39 is 0 Å². The van der Waals surface area contributed by atoms with Gasteiger partial charge in [0.1, 0.15) is 0 Å². The van der Waals surface area contributed by atoms with Crippen molar-refractivity contribution in [1.29, 1.82) is 0 Å². The first-order chi connectivity index (χ1) is 29.7. The Balaban J connectivity index is 1.06. The highest BCUT2D eigenvalue weighted by Crippen LogP contribution is 2.46. The third kappa shape index (κ3) is 5.65. The predicted molar refractivity (Wildman–Crippen MR) is 254 cm³/mol. The van der Waals surface area contributed by atoms with E-state index in [1.165, 1.54) is 99.3 Å². The summed E-state index contributed by atoms with van der Waals surface area (Å²) in [5, 5.41) is 8.83. The van der Waals surface area contributed by atoms with Crippen LogP contribution >= 0.6 is 0 Å². The largest absolute Gasteiger partial charge is 0.355 e. The van der Waals surface area contributed by atoms with Gasteiger partial charge in [0.15, 0.2) is 0 Å². The Hall–Kier alpha value is -7.94. The van der Waals surface area contributed by atoms with Crippen molar-refractivity contribution in [2.24, 2.45) is 0 Å². The third-order valence-corrected chi connectivity index (χ3v) is 12.3. The number of hydrogen-bond acceptors (Lipinski definition) is 1. The predicted octanol–water partition coefficient (Wildman–Crippen LogP) is 16.0. The molecule has 60 heavy (non-hydrogen) atoms. The van der Waals surface area contributed by atoms with Gasteiger partial charge in [-0.3, -0.25) is 0 Å². The van der Waals surface area contributed by atoms with Crippen molar-refractivity contribution >= 4 is 44.0 Å². The maximum absolute atomic E-state index is 3.88. The number of fused-ring (bicyclic) bond motifs is 12. The summed E-state index contributed by atoms with van der Waals surface area (Å²) < 4.78 is 2.44. The number of hydrogen-bond donors (Lipinski definition) is 1. The van der Waals surface area contributed by atoms with Crippen LogP contribution in [0, 0.1) is 0 Å². The molecule has 2 heteroatoms. The fraction of sp³-hybridized carbons (Fsp3) is 0. The second-order valence-electron chi connectivity index (χ2n) is 15.8. The van der Waals surface area contributed by atoms with Gasteiger partial charge in [0.2, 0.25) is 0 Å². The molecule has 0 unspecified atom stereocenters. The number of para-hydroxylation sites is 2. The molecule has 10 aromatic carbocycles. The van der Waals surface area contributed by atoms with E-state index in [9.17, 15) is 0 Å². The topological polar surface area (TPSA) is 17.0 Å². The summed E-state index contributed by atoms with van der Waals surface area (Å²) in [6, 6.07) is 82.2. The fourth-order valence-corrected chi connectivity index (χ4v) is 9.46. The molecule has 0 saturated heterocycles. The van der Waals surface area contributed by atoms with Gasteiger partial charge in [0, 0.05) is 39.0 Å². The van der Waals surface area contributed by atoms with Gasteiger partial charge in [-0.15, -0.1) is 0 Å². The number of benzene rings is 10. The monoisotopic (exact) mass is 762 g/mol. The highest BCUT2D eigenvalue weighted by Gasteiger charge is 2.20. The molecular formula is C58H38N2. The van der Waals surface area contributed by atoms with Crippen molar-refractivity contribution in [2.75, 3.05) is 5.32 Å². The SMILES string of the molecule is c1ccc(-c2ccc3c(c2)-c2ccccc2-c2cc(-c4ccc5c(c4)c4ccccc4n5-c4cc(-c5ccccc5)c5ccccc5c4)cc(c2)-c2ccccc2N3)cc1. The molecule has 12 rings (SSSR count). The van der Waals surface area contributed by atoms with Crippen molar-refractivity contribution in [3.05, 3.63) is 224 Å². The highest BCUT2D eigenvalue weighted by atomic mass is 15.0. The van der Waals surface area contributed by atoms with E-state index in [0.717, 1.165) is 17.1 Å². The van der Waals surface area contributed by atoms with Gasteiger partial charge in [-0.25, -0.2) is 0 Å². The van der Waals surface area contributed by atoms with Gasteiger partial charge in [0.25, 0.3) is 0 Å². The molecule has 1 aliphatic rings. The zero-order valence-corrected chi connectivity index (χ0v) is 32.8. The van der Waals surface area contributed by atoms with Gasteiger partial charge in [-0.05, 0) is 133 Å². The second kappa shape index (κ2) is 13.9. The van der Waals surface area contributed by atoms with Crippen LogP contribution in [-0.2, 0) is 0 Å². The summed E-state index contributed by atoms with van der Waals surface area (Å²) in [7, 11) is 0. The molecule has 0 amide bonds. The molecule has 2 heterocycles. The Bertz CT molecular complexity index is 3450. The van der Waals surface area contributed by atoms with Crippen molar-refractivity contribution < 1.29 is 0 Å². The number of aromatic nitrogens is 1. The lowest BCUT2D eigenvalue weighted by atomic mass is 9.87.